The molecule has 0 saturated carbocycles. The Morgan fingerprint density at radius 2 is 2.06 bits per heavy atom. The van der Waals surface area contributed by atoms with Crippen LogP contribution in [0.3, 0.4) is 0 Å². The highest BCUT2D eigenvalue weighted by Gasteiger charge is 2.07. The van der Waals surface area contributed by atoms with E-state index in [4.69, 9.17) is 5.73 Å². The molecule has 0 aliphatic heterocycles. The highest BCUT2D eigenvalue weighted by atomic mass is 16.3. The fraction of sp³-hybridized carbons (Fsp3) is 0. The van der Waals surface area contributed by atoms with Crippen LogP contribution in [-0.4, -0.2) is 15.1 Å². The van der Waals surface area contributed by atoms with Crippen LogP contribution < -0.4 is 5.73 Å². The number of hydrogen-bond donors (Lipinski definition) is 3. The molecule has 2 aromatic heterocycles. The van der Waals surface area contributed by atoms with Gasteiger partial charge in [-0.15, -0.1) is 0 Å². The summed E-state index contributed by atoms with van der Waals surface area (Å²) in [6.07, 6.45) is 1.66. The van der Waals surface area contributed by atoms with Crippen molar-refractivity contribution in [1.82, 2.24) is 9.97 Å². The number of aromatic hydroxyl groups is 1. The minimum absolute atomic E-state index is 0.234. The third-order valence-electron chi connectivity index (χ3n) is 2.69. The third kappa shape index (κ3) is 1.59. The Kier molecular flexibility index (Phi) is 2.01. The van der Waals surface area contributed by atoms with E-state index in [1.54, 1.807) is 24.4 Å². The molecule has 0 radical (unpaired) electrons. The Morgan fingerprint density at radius 3 is 2.82 bits per heavy atom. The number of nitrogens with two attached hydrogens (primary N) is 1. The number of fused-ring (bicyclic) bond motifs is 1. The van der Waals surface area contributed by atoms with Crippen molar-refractivity contribution in [3.63, 3.8) is 0 Å². The SMILES string of the molecule is Nc1ccnc(-c2cc3cccc(O)c3[nH]2)c1. The highest BCUT2D eigenvalue weighted by molar-refractivity contribution is 5.89. The summed E-state index contributed by atoms with van der Waals surface area (Å²) in [5.41, 5.74) is 8.70. The number of nitrogens with zero attached hydrogens (tertiary/aromatic N) is 1. The monoisotopic (exact) mass is 225 g/mol. The van der Waals surface area contributed by atoms with Gasteiger partial charge in [0.1, 0.15) is 5.75 Å². The van der Waals surface area contributed by atoms with Gasteiger partial charge in [-0.3, -0.25) is 4.98 Å². The average molecular weight is 225 g/mol. The molecule has 3 aromatic rings. The van der Waals surface area contributed by atoms with E-state index in [-0.39, 0.29) is 5.75 Å². The van der Waals surface area contributed by atoms with Gasteiger partial charge in [0.05, 0.1) is 16.9 Å². The van der Waals surface area contributed by atoms with E-state index in [9.17, 15) is 5.11 Å². The van der Waals surface area contributed by atoms with Crippen molar-refractivity contribution in [3.05, 3.63) is 42.6 Å². The van der Waals surface area contributed by atoms with Crippen molar-refractivity contribution in [1.29, 1.82) is 0 Å². The standard InChI is InChI=1S/C13H11N3O/c14-9-4-5-15-10(7-9)11-6-8-2-1-3-12(17)13(8)16-11/h1-7,16-17H,(H2,14,15). The van der Waals surface area contributed by atoms with Crippen molar-refractivity contribution in [3.8, 4) is 17.1 Å². The number of rotatable bonds is 1. The largest absolute Gasteiger partial charge is 0.506 e. The number of anilines is 1. The minimum Gasteiger partial charge on any atom is -0.506 e. The topological polar surface area (TPSA) is 74.9 Å². The molecule has 17 heavy (non-hydrogen) atoms. The highest BCUT2D eigenvalue weighted by Crippen LogP contribution is 2.28. The molecule has 0 aliphatic carbocycles. The summed E-state index contributed by atoms with van der Waals surface area (Å²) in [4.78, 5) is 7.38. The Hall–Kier alpha value is -2.49. The minimum atomic E-state index is 0.234. The molecular weight excluding hydrogens is 214 g/mol. The lowest BCUT2D eigenvalue weighted by molar-refractivity contribution is 0.480. The van der Waals surface area contributed by atoms with E-state index in [0.717, 1.165) is 16.8 Å². The summed E-state index contributed by atoms with van der Waals surface area (Å²) in [7, 11) is 0. The molecule has 0 bridgehead atoms. The molecule has 0 fully saturated rings. The molecular formula is C13H11N3O. The zero-order chi connectivity index (χ0) is 11.8. The number of phenolic OH excluding ortho intramolecular Hbond substituents is 1. The Bertz CT molecular complexity index is 688. The molecule has 4 nitrogen and oxygen atoms in total. The van der Waals surface area contributed by atoms with Crippen LogP contribution in [0.4, 0.5) is 5.69 Å². The quantitative estimate of drug-likeness (QED) is 0.595. The summed E-state index contributed by atoms with van der Waals surface area (Å²) >= 11 is 0. The van der Waals surface area contributed by atoms with Crippen LogP contribution in [0.5, 0.6) is 5.75 Å². The van der Waals surface area contributed by atoms with Gasteiger partial charge in [0, 0.05) is 17.3 Å². The molecule has 3 rings (SSSR count). The second kappa shape index (κ2) is 3.52. The number of benzene rings is 1. The number of phenols is 1. The second-order valence-corrected chi connectivity index (χ2v) is 3.90. The van der Waals surface area contributed by atoms with Gasteiger partial charge in [-0.1, -0.05) is 12.1 Å². The third-order valence-corrected chi connectivity index (χ3v) is 2.69. The second-order valence-electron chi connectivity index (χ2n) is 3.90. The number of nitrogen functional groups attached to an aromatic ring is 1. The van der Waals surface area contributed by atoms with E-state index in [1.807, 2.05) is 18.2 Å². The number of aromatic amines is 1. The molecule has 0 unspecified atom stereocenters. The van der Waals surface area contributed by atoms with E-state index >= 15 is 0 Å². The lowest BCUT2D eigenvalue weighted by Crippen LogP contribution is -1.88. The van der Waals surface area contributed by atoms with Crippen LogP contribution in [0.25, 0.3) is 22.3 Å². The summed E-state index contributed by atoms with van der Waals surface area (Å²) in [5.74, 6) is 0.234. The maximum Gasteiger partial charge on any atom is 0.139 e. The first-order chi connectivity index (χ1) is 8.24. The normalized spacial score (nSPS) is 10.8. The van der Waals surface area contributed by atoms with Crippen molar-refractivity contribution in [2.45, 2.75) is 0 Å². The maximum absolute atomic E-state index is 9.71. The Morgan fingerprint density at radius 1 is 1.18 bits per heavy atom. The van der Waals surface area contributed by atoms with E-state index in [0.29, 0.717) is 11.2 Å². The maximum atomic E-state index is 9.71. The number of nitrogens with one attached hydrogen (secondary N) is 1. The fourth-order valence-electron chi connectivity index (χ4n) is 1.87. The predicted octanol–water partition coefficient (Wildman–Crippen LogP) is 2.52. The van der Waals surface area contributed by atoms with Gasteiger partial charge in [-0.05, 0) is 24.3 Å². The van der Waals surface area contributed by atoms with Crippen molar-refractivity contribution in [2.75, 3.05) is 5.73 Å². The average Bonchev–Trinajstić information content (AvgIpc) is 2.74. The molecule has 84 valence electrons. The molecule has 0 saturated heterocycles. The van der Waals surface area contributed by atoms with E-state index < -0.39 is 0 Å². The van der Waals surface area contributed by atoms with E-state index in [2.05, 4.69) is 9.97 Å². The number of hydrogen-bond acceptors (Lipinski definition) is 3. The van der Waals surface area contributed by atoms with Gasteiger partial charge < -0.3 is 15.8 Å². The van der Waals surface area contributed by atoms with Crippen LogP contribution in [-0.2, 0) is 0 Å². The van der Waals surface area contributed by atoms with Crippen LogP contribution in [0.2, 0.25) is 0 Å². The zero-order valence-corrected chi connectivity index (χ0v) is 9.01. The first-order valence-electron chi connectivity index (χ1n) is 5.26. The van der Waals surface area contributed by atoms with Gasteiger partial charge in [0.2, 0.25) is 0 Å². The Balaban J connectivity index is 2.22. The first kappa shape index (κ1) is 9.72. The number of pyridine rings is 1. The van der Waals surface area contributed by atoms with Gasteiger partial charge in [0.25, 0.3) is 0 Å². The molecule has 2 heterocycles. The van der Waals surface area contributed by atoms with Crippen molar-refractivity contribution >= 4 is 16.6 Å². The number of para-hydroxylation sites is 1. The van der Waals surface area contributed by atoms with Crippen LogP contribution in [0.15, 0.2) is 42.6 Å². The smallest absolute Gasteiger partial charge is 0.139 e. The predicted molar refractivity (Wildman–Crippen MR) is 67.6 cm³/mol. The van der Waals surface area contributed by atoms with Gasteiger partial charge in [-0.2, -0.15) is 0 Å². The van der Waals surface area contributed by atoms with Crippen molar-refractivity contribution < 1.29 is 5.11 Å². The van der Waals surface area contributed by atoms with Crippen LogP contribution >= 0.6 is 0 Å². The number of H-pyrrole nitrogens is 1. The summed E-state index contributed by atoms with van der Waals surface area (Å²) in [6, 6.07) is 10.9. The zero-order valence-electron chi connectivity index (χ0n) is 9.01. The first-order valence-corrected chi connectivity index (χ1v) is 5.26. The summed E-state index contributed by atoms with van der Waals surface area (Å²) in [5, 5.41) is 10.7. The van der Waals surface area contributed by atoms with Gasteiger partial charge >= 0.3 is 0 Å². The summed E-state index contributed by atoms with van der Waals surface area (Å²) in [6.45, 7) is 0. The molecule has 4 heteroatoms. The molecule has 0 aliphatic rings. The molecule has 4 N–H and O–H groups in total. The number of aromatic nitrogens is 2. The lowest BCUT2D eigenvalue weighted by atomic mass is 10.2. The molecule has 0 amide bonds. The van der Waals surface area contributed by atoms with E-state index in [1.165, 1.54) is 0 Å². The summed E-state index contributed by atoms with van der Waals surface area (Å²) < 4.78 is 0. The van der Waals surface area contributed by atoms with Crippen LogP contribution in [0.1, 0.15) is 0 Å². The van der Waals surface area contributed by atoms with Crippen LogP contribution in [0, 0.1) is 0 Å². The molecule has 1 aromatic carbocycles. The fourth-order valence-corrected chi connectivity index (χ4v) is 1.87. The van der Waals surface area contributed by atoms with Crippen molar-refractivity contribution in [2.24, 2.45) is 0 Å². The Labute approximate surface area is 97.7 Å². The van der Waals surface area contributed by atoms with Gasteiger partial charge in [0.15, 0.2) is 0 Å². The molecule has 0 spiro atoms. The van der Waals surface area contributed by atoms with Gasteiger partial charge in [-0.25, -0.2) is 0 Å². The lowest BCUT2D eigenvalue weighted by Gasteiger charge is -1.97. The molecule has 0 atom stereocenters.